The zero-order chi connectivity index (χ0) is 10.7. The lowest BCUT2D eigenvalue weighted by molar-refractivity contribution is 0.244. The summed E-state index contributed by atoms with van der Waals surface area (Å²) in [6.45, 7) is 0. The van der Waals surface area contributed by atoms with Crippen LogP contribution in [0.25, 0.3) is 0 Å². The van der Waals surface area contributed by atoms with Crippen LogP contribution in [0.3, 0.4) is 0 Å². The molecule has 1 aliphatic rings. The third-order valence-electron chi connectivity index (χ3n) is 2.94. The number of benzene rings is 1. The SMILES string of the molecule is NC(=O)N[C@@H]1CCCCc2ccccc21. The molecule has 1 aromatic rings. The highest BCUT2D eigenvalue weighted by molar-refractivity contribution is 5.72. The minimum absolute atomic E-state index is 0.0983. The van der Waals surface area contributed by atoms with Gasteiger partial charge >= 0.3 is 6.03 Å². The molecule has 80 valence electrons. The van der Waals surface area contributed by atoms with Gasteiger partial charge in [-0.25, -0.2) is 4.79 Å². The van der Waals surface area contributed by atoms with E-state index >= 15 is 0 Å². The van der Waals surface area contributed by atoms with Crippen molar-refractivity contribution in [3.05, 3.63) is 35.4 Å². The Morgan fingerprint density at radius 3 is 2.93 bits per heavy atom. The second-order valence-corrected chi connectivity index (χ2v) is 4.01. The Balaban J connectivity index is 2.28. The highest BCUT2D eigenvalue weighted by Gasteiger charge is 2.18. The van der Waals surface area contributed by atoms with Crippen LogP contribution >= 0.6 is 0 Å². The number of aryl methyl sites for hydroxylation is 1. The van der Waals surface area contributed by atoms with E-state index in [0.717, 1.165) is 19.3 Å². The molecule has 0 aromatic heterocycles. The Morgan fingerprint density at radius 2 is 2.13 bits per heavy atom. The normalized spacial score (nSPS) is 20.1. The van der Waals surface area contributed by atoms with Crippen molar-refractivity contribution in [3.63, 3.8) is 0 Å². The third-order valence-corrected chi connectivity index (χ3v) is 2.94. The number of nitrogens with one attached hydrogen (secondary N) is 1. The van der Waals surface area contributed by atoms with E-state index in [1.54, 1.807) is 0 Å². The summed E-state index contributed by atoms with van der Waals surface area (Å²) in [6.07, 6.45) is 4.42. The molecule has 3 heteroatoms. The van der Waals surface area contributed by atoms with Gasteiger partial charge in [-0.1, -0.05) is 30.7 Å². The van der Waals surface area contributed by atoms with E-state index in [-0.39, 0.29) is 6.04 Å². The van der Waals surface area contributed by atoms with Crippen LogP contribution in [0.2, 0.25) is 0 Å². The number of amides is 2. The van der Waals surface area contributed by atoms with Gasteiger partial charge in [0.15, 0.2) is 0 Å². The molecular formula is C12H16N2O. The Morgan fingerprint density at radius 1 is 1.33 bits per heavy atom. The number of hydrogen-bond donors (Lipinski definition) is 2. The molecule has 0 saturated heterocycles. The van der Waals surface area contributed by atoms with Gasteiger partial charge < -0.3 is 11.1 Å². The zero-order valence-corrected chi connectivity index (χ0v) is 8.70. The molecule has 3 N–H and O–H groups in total. The minimum atomic E-state index is -0.434. The predicted molar refractivity (Wildman–Crippen MR) is 59.5 cm³/mol. The molecule has 0 fully saturated rings. The summed E-state index contributed by atoms with van der Waals surface area (Å²) in [5.41, 5.74) is 7.75. The maximum atomic E-state index is 10.9. The van der Waals surface area contributed by atoms with Crippen molar-refractivity contribution < 1.29 is 4.79 Å². The highest BCUT2D eigenvalue weighted by Crippen LogP contribution is 2.28. The monoisotopic (exact) mass is 204 g/mol. The van der Waals surface area contributed by atoms with Gasteiger partial charge in [-0.2, -0.15) is 0 Å². The Kier molecular flexibility index (Phi) is 2.90. The molecule has 0 radical (unpaired) electrons. The van der Waals surface area contributed by atoms with Crippen molar-refractivity contribution in [3.8, 4) is 0 Å². The lowest BCUT2D eigenvalue weighted by Gasteiger charge is -2.17. The average molecular weight is 204 g/mol. The van der Waals surface area contributed by atoms with Crippen molar-refractivity contribution in [1.29, 1.82) is 0 Å². The minimum Gasteiger partial charge on any atom is -0.352 e. The molecule has 1 aliphatic carbocycles. The molecule has 0 heterocycles. The summed E-state index contributed by atoms with van der Waals surface area (Å²) in [7, 11) is 0. The van der Waals surface area contributed by atoms with Crippen LogP contribution in [0, 0.1) is 0 Å². The fourth-order valence-electron chi connectivity index (χ4n) is 2.24. The molecule has 3 nitrogen and oxygen atoms in total. The molecule has 1 aromatic carbocycles. The van der Waals surface area contributed by atoms with Crippen molar-refractivity contribution in [2.45, 2.75) is 31.7 Å². The smallest absolute Gasteiger partial charge is 0.312 e. The van der Waals surface area contributed by atoms with Crippen LogP contribution in [-0.4, -0.2) is 6.03 Å². The topological polar surface area (TPSA) is 55.1 Å². The standard InChI is InChI=1S/C12H16N2O/c13-12(15)14-11-8-4-2-6-9-5-1-3-7-10(9)11/h1,3,5,7,11H,2,4,6,8H2,(H3,13,14,15)/t11-/m1/s1. The molecule has 0 bridgehead atoms. The Labute approximate surface area is 89.7 Å². The van der Waals surface area contributed by atoms with Crippen LogP contribution < -0.4 is 11.1 Å². The quantitative estimate of drug-likeness (QED) is 0.676. The number of nitrogens with two attached hydrogens (primary N) is 1. The van der Waals surface area contributed by atoms with E-state index < -0.39 is 6.03 Å². The van der Waals surface area contributed by atoms with Gasteiger partial charge in [0.05, 0.1) is 6.04 Å². The number of carbonyl (C=O) groups excluding carboxylic acids is 1. The van der Waals surface area contributed by atoms with Gasteiger partial charge in [0.1, 0.15) is 0 Å². The number of hydrogen-bond acceptors (Lipinski definition) is 1. The molecule has 0 saturated carbocycles. The molecule has 0 spiro atoms. The number of primary amides is 1. The molecule has 2 amide bonds. The average Bonchev–Trinajstić information content (AvgIpc) is 2.41. The summed E-state index contributed by atoms with van der Waals surface area (Å²) < 4.78 is 0. The summed E-state index contributed by atoms with van der Waals surface area (Å²) in [5.74, 6) is 0. The van der Waals surface area contributed by atoms with Crippen LogP contribution in [-0.2, 0) is 6.42 Å². The van der Waals surface area contributed by atoms with Gasteiger partial charge in [0.2, 0.25) is 0 Å². The Hall–Kier alpha value is -1.51. The first-order valence-corrected chi connectivity index (χ1v) is 5.41. The van der Waals surface area contributed by atoms with Crippen LogP contribution in [0.1, 0.15) is 36.4 Å². The largest absolute Gasteiger partial charge is 0.352 e. The van der Waals surface area contributed by atoms with E-state index in [2.05, 4.69) is 17.4 Å². The van der Waals surface area contributed by atoms with E-state index in [1.807, 2.05) is 12.1 Å². The van der Waals surface area contributed by atoms with E-state index in [9.17, 15) is 4.79 Å². The molecule has 15 heavy (non-hydrogen) atoms. The van der Waals surface area contributed by atoms with Crippen molar-refractivity contribution in [2.75, 3.05) is 0 Å². The second kappa shape index (κ2) is 4.34. The lowest BCUT2D eigenvalue weighted by atomic mass is 9.99. The molecule has 1 atom stereocenters. The molecular weight excluding hydrogens is 188 g/mol. The predicted octanol–water partition coefficient (Wildman–Crippen LogP) is 2.12. The van der Waals surface area contributed by atoms with E-state index in [1.165, 1.54) is 17.5 Å². The van der Waals surface area contributed by atoms with Gasteiger partial charge in [-0.05, 0) is 30.4 Å². The van der Waals surface area contributed by atoms with Crippen molar-refractivity contribution >= 4 is 6.03 Å². The van der Waals surface area contributed by atoms with E-state index in [0.29, 0.717) is 0 Å². The summed E-state index contributed by atoms with van der Waals surface area (Å²) in [6, 6.07) is 7.95. The van der Waals surface area contributed by atoms with Crippen molar-refractivity contribution in [1.82, 2.24) is 5.32 Å². The first-order valence-electron chi connectivity index (χ1n) is 5.41. The number of urea groups is 1. The van der Waals surface area contributed by atoms with Crippen LogP contribution in [0.4, 0.5) is 4.79 Å². The van der Waals surface area contributed by atoms with Gasteiger partial charge in [0, 0.05) is 0 Å². The van der Waals surface area contributed by atoms with Gasteiger partial charge in [0.25, 0.3) is 0 Å². The fourth-order valence-corrected chi connectivity index (χ4v) is 2.24. The first-order chi connectivity index (χ1) is 7.27. The highest BCUT2D eigenvalue weighted by atomic mass is 16.2. The van der Waals surface area contributed by atoms with E-state index in [4.69, 9.17) is 5.73 Å². The summed E-state index contributed by atoms with van der Waals surface area (Å²) >= 11 is 0. The molecule has 2 rings (SSSR count). The van der Waals surface area contributed by atoms with Crippen molar-refractivity contribution in [2.24, 2.45) is 5.73 Å². The summed E-state index contributed by atoms with van der Waals surface area (Å²) in [4.78, 5) is 10.9. The van der Waals surface area contributed by atoms with Gasteiger partial charge in [-0.3, -0.25) is 0 Å². The molecule has 0 unspecified atom stereocenters. The Bertz CT molecular complexity index is 362. The van der Waals surface area contributed by atoms with Gasteiger partial charge in [-0.15, -0.1) is 0 Å². The third kappa shape index (κ3) is 2.29. The zero-order valence-electron chi connectivity index (χ0n) is 8.70. The number of carbonyl (C=O) groups is 1. The van der Waals surface area contributed by atoms with Crippen LogP contribution in [0.5, 0.6) is 0 Å². The fraction of sp³-hybridized carbons (Fsp3) is 0.417. The maximum absolute atomic E-state index is 10.9. The molecule has 0 aliphatic heterocycles. The first kappa shape index (κ1) is 10.0. The lowest BCUT2D eigenvalue weighted by Crippen LogP contribution is -2.33. The maximum Gasteiger partial charge on any atom is 0.312 e. The van der Waals surface area contributed by atoms with Crippen LogP contribution in [0.15, 0.2) is 24.3 Å². The summed E-state index contributed by atoms with van der Waals surface area (Å²) in [5, 5.41) is 2.82. The second-order valence-electron chi connectivity index (χ2n) is 4.01. The number of fused-ring (bicyclic) bond motifs is 1. The number of rotatable bonds is 1.